The molecular formula is C16H28N2. The lowest BCUT2D eigenvalue weighted by atomic mass is 9.81. The molecule has 102 valence electrons. The third-order valence-corrected chi connectivity index (χ3v) is 4.01. The van der Waals surface area contributed by atoms with Crippen molar-refractivity contribution in [2.75, 3.05) is 13.1 Å². The van der Waals surface area contributed by atoms with Gasteiger partial charge in [0.25, 0.3) is 0 Å². The van der Waals surface area contributed by atoms with Crippen LogP contribution in [0.1, 0.15) is 44.9 Å². The smallest absolute Gasteiger partial charge is 0.0421 e. The molecule has 0 radical (unpaired) electrons. The Morgan fingerprint density at radius 3 is 2.22 bits per heavy atom. The second kappa shape index (κ2) is 6.35. The number of nitrogens with two attached hydrogens (primary N) is 1. The number of aryl methyl sites for hydroxylation is 1. The van der Waals surface area contributed by atoms with E-state index in [1.807, 2.05) is 0 Å². The van der Waals surface area contributed by atoms with Crippen LogP contribution in [0.3, 0.4) is 0 Å². The topological polar surface area (TPSA) is 38.0 Å². The van der Waals surface area contributed by atoms with Crippen molar-refractivity contribution in [3.8, 4) is 0 Å². The first kappa shape index (κ1) is 15.2. The van der Waals surface area contributed by atoms with Crippen LogP contribution >= 0.6 is 0 Å². The quantitative estimate of drug-likeness (QED) is 0.811. The molecule has 1 aromatic carbocycles. The van der Waals surface area contributed by atoms with Crippen molar-refractivity contribution >= 4 is 0 Å². The van der Waals surface area contributed by atoms with E-state index in [2.05, 4.69) is 64.2 Å². The van der Waals surface area contributed by atoms with Gasteiger partial charge < -0.3 is 11.1 Å². The summed E-state index contributed by atoms with van der Waals surface area (Å²) in [6, 6.07) is 8.55. The zero-order chi connectivity index (χ0) is 13.8. The van der Waals surface area contributed by atoms with Gasteiger partial charge in [-0.2, -0.15) is 0 Å². The van der Waals surface area contributed by atoms with Crippen LogP contribution in [0, 0.1) is 18.3 Å². The highest BCUT2D eigenvalue weighted by Crippen LogP contribution is 2.24. The van der Waals surface area contributed by atoms with Crippen LogP contribution in [0.15, 0.2) is 24.3 Å². The second-order valence-electron chi connectivity index (χ2n) is 6.29. The molecule has 0 saturated heterocycles. The van der Waals surface area contributed by atoms with Crippen LogP contribution in [-0.4, -0.2) is 13.1 Å². The van der Waals surface area contributed by atoms with Gasteiger partial charge in [0, 0.05) is 19.1 Å². The predicted molar refractivity (Wildman–Crippen MR) is 79.6 cm³/mol. The first-order chi connectivity index (χ1) is 8.33. The van der Waals surface area contributed by atoms with Gasteiger partial charge in [-0.05, 0) is 23.8 Å². The van der Waals surface area contributed by atoms with Gasteiger partial charge in [-0.1, -0.05) is 57.5 Å². The molecule has 0 aliphatic rings. The van der Waals surface area contributed by atoms with E-state index in [1.54, 1.807) is 0 Å². The Bertz CT molecular complexity index is 352. The third-order valence-electron chi connectivity index (χ3n) is 4.01. The Balaban J connectivity index is 2.42. The Hall–Kier alpha value is -0.860. The van der Waals surface area contributed by atoms with Crippen LogP contribution in [0.4, 0.5) is 0 Å². The van der Waals surface area contributed by atoms with Crippen molar-refractivity contribution in [2.24, 2.45) is 17.1 Å². The first-order valence-corrected chi connectivity index (χ1v) is 6.86. The molecule has 18 heavy (non-hydrogen) atoms. The Morgan fingerprint density at radius 1 is 1.17 bits per heavy atom. The van der Waals surface area contributed by atoms with Gasteiger partial charge in [-0.3, -0.25) is 0 Å². The summed E-state index contributed by atoms with van der Waals surface area (Å²) in [5, 5.41) is 3.49. The minimum absolute atomic E-state index is 0.0774. The maximum Gasteiger partial charge on any atom is 0.0421 e. The van der Waals surface area contributed by atoms with Crippen molar-refractivity contribution in [1.82, 2.24) is 5.32 Å². The largest absolute Gasteiger partial charge is 0.323 e. The van der Waals surface area contributed by atoms with Crippen LogP contribution in [0.25, 0.3) is 0 Å². The minimum Gasteiger partial charge on any atom is -0.323 e. The van der Waals surface area contributed by atoms with Crippen molar-refractivity contribution < 1.29 is 0 Å². The first-order valence-electron chi connectivity index (χ1n) is 6.86. The Morgan fingerprint density at radius 2 is 1.72 bits per heavy atom. The van der Waals surface area contributed by atoms with E-state index in [9.17, 15) is 0 Å². The lowest BCUT2D eigenvalue weighted by Crippen LogP contribution is -2.37. The summed E-state index contributed by atoms with van der Waals surface area (Å²) in [6.07, 6.45) is 0. The zero-order valence-corrected chi connectivity index (χ0v) is 12.5. The summed E-state index contributed by atoms with van der Waals surface area (Å²) in [7, 11) is 0. The fraction of sp³-hybridized carbons (Fsp3) is 0.625. The molecule has 1 atom stereocenters. The molecule has 0 bridgehead atoms. The molecule has 3 N–H and O–H groups in total. The van der Waals surface area contributed by atoms with E-state index in [0.717, 1.165) is 13.1 Å². The SMILES string of the molecule is Cc1ccc(C(N)CNCC(C)(C)C(C)C)cc1. The molecule has 0 spiro atoms. The summed E-state index contributed by atoms with van der Waals surface area (Å²) in [4.78, 5) is 0. The monoisotopic (exact) mass is 248 g/mol. The van der Waals surface area contributed by atoms with Crippen molar-refractivity contribution in [3.05, 3.63) is 35.4 Å². The summed E-state index contributed by atoms with van der Waals surface area (Å²) < 4.78 is 0. The normalized spacial score (nSPS) is 13.9. The van der Waals surface area contributed by atoms with Crippen molar-refractivity contribution in [1.29, 1.82) is 0 Å². The maximum atomic E-state index is 6.19. The fourth-order valence-electron chi connectivity index (χ4n) is 1.69. The number of rotatable bonds is 6. The van der Waals surface area contributed by atoms with Gasteiger partial charge in [-0.15, -0.1) is 0 Å². The van der Waals surface area contributed by atoms with Crippen LogP contribution in [0.5, 0.6) is 0 Å². The third kappa shape index (κ3) is 4.43. The summed E-state index contributed by atoms with van der Waals surface area (Å²) in [5.41, 5.74) is 8.98. The lowest BCUT2D eigenvalue weighted by Gasteiger charge is -2.30. The number of hydrogen-bond acceptors (Lipinski definition) is 2. The molecule has 1 aromatic rings. The summed E-state index contributed by atoms with van der Waals surface area (Å²) in [5.74, 6) is 0.667. The van der Waals surface area contributed by atoms with Gasteiger partial charge in [0.2, 0.25) is 0 Å². The molecule has 2 heteroatoms. The average Bonchev–Trinajstić information content (AvgIpc) is 2.29. The standard InChI is InChI=1S/C16H28N2/c1-12(2)16(4,5)11-18-10-15(17)14-8-6-13(3)7-9-14/h6-9,12,15,18H,10-11,17H2,1-5H3. The molecule has 1 rings (SSSR count). The number of hydrogen-bond donors (Lipinski definition) is 2. The molecule has 2 nitrogen and oxygen atoms in total. The van der Waals surface area contributed by atoms with Crippen molar-refractivity contribution in [2.45, 2.75) is 40.7 Å². The van der Waals surface area contributed by atoms with Gasteiger partial charge >= 0.3 is 0 Å². The van der Waals surface area contributed by atoms with Gasteiger partial charge in [0.1, 0.15) is 0 Å². The van der Waals surface area contributed by atoms with Gasteiger partial charge in [0.05, 0.1) is 0 Å². The van der Waals surface area contributed by atoms with E-state index in [0.29, 0.717) is 11.3 Å². The fourth-order valence-corrected chi connectivity index (χ4v) is 1.69. The molecule has 0 aliphatic heterocycles. The summed E-state index contributed by atoms with van der Waals surface area (Å²) in [6.45, 7) is 13.1. The molecule has 1 unspecified atom stereocenters. The van der Waals surface area contributed by atoms with E-state index in [1.165, 1.54) is 11.1 Å². The van der Waals surface area contributed by atoms with E-state index in [-0.39, 0.29) is 6.04 Å². The molecule has 0 fully saturated rings. The average molecular weight is 248 g/mol. The minimum atomic E-state index is 0.0774. The lowest BCUT2D eigenvalue weighted by molar-refractivity contribution is 0.237. The Kier molecular flexibility index (Phi) is 5.36. The molecule has 0 aromatic heterocycles. The summed E-state index contributed by atoms with van der Waals surface area (Å²) >= 11 is 0. The highest BCUT2D eigenvalue weighted by Gasteiger charge is 2.21. The van der Waals surface area contributed by atoms with E-state index >= 15 is 0 Å². The molecule has 0 amide bonds. The number of nitrogens with one attached hydrogen (secondary N) is 1. The highest BCUT2D eigenvalue weighted by molar-refractivity contribution is 5.24. The van der Waals surface area contributed by atoms with Crippen LogP contribution in [-0.2, 0) is 0 Å². The highest BCUT2D eigenvalue weighted by atomic mass is 14.9. The number of benzene rings is 1. The second-order valence-corrected chi connectivity index (χ2v) is 6.29. The molecule has 0 heterocycles. The Labute approximate surface area is 112 Å². The van der Waals surface area contributed by atoms with E-state index in [4.69, 9.17) is 5.73 Å². The molecule has 0 aliphatic carbocycles. The predicted octanol–water partition coefficient (Wildman–Crippen LogP) is 3.27. The zero-order valence-electron chi connectivity index (χ0n) is 12.5. The molecule has 0 saturated carbocycles. The van der Waals surface area contributed by atoms with Gasteiger partial charge in [-0.25, -0.2) is 0 Å². The van der Waals surface area contributed by atoms with Crippen LogP contribution in [0.2, 0.25) is 0 Å². The van der Waals surface area contributed by atoms with Crippen LogP contribution < -0.4 is 11.1 Å². The maximum absolute atomic E-state index is 6.19. The molecular weight excluding hydrogens is 220 g/mol. The van der Waals surface area contributed by atoms with Gasteiger partial charge in [0.15, 0.2) is 0 Å². The van der Waals surface area contributed by atoms with Crippen molar-refractivity contribution in [3.63, 3.8) is 0 Å². The van der Waals surface area contributed by atoms with E-state index < -0.39 is 0 Å².